The van der Waals surface area contributed by atoms with Gasteiger partial charge in [-0.05, 0) is 37.7 Å². The highest BCUT2D eigenvalue weighted by Crippen LogP contribution is 2.34. The molecule has 0 atom stereocenters. The smallest absolute Gasteiger partial charge is 0.143 e. The fraction of sp³-hybridized carbons (Fsp3) is 0.600. The van der Waals surface area contributed by atoms with Crippen LogP contribution in [0.3, 0.4) is 0 Å². The van der Waals surface area contributed by atoms with Crippen molar-refractivity contribution in [1.82, 2.24) is 0 Å². The molecule has 0 aliphatic heterocycles. The predicted molar refractivity (Wildman–Crippen MR) is 74.0 cm³/mol. The van der Waals surface area contributed by atoms with Gasteiger partial charge in [0, 0.05) is 5.56 Å². The maximum Gasteiger partial charge on any atom is 0.143 e. The normalized spacial score (nSPS) is 23.9. The summed E-state index contributed by atoms with van der Waals surface area (Å²) >= 11 is 6.15. The minimum Gasteiger partial charge on any atom is -0.488 e. The summed E-state index contributed by atoms with van der Waals surface area (Å²) in [5.41, 5.74) is 0.778. The van der Waals surface area contributed by atoms with Crippen LogP contribution in [0.4, 0.5) is 0 Å². The summed E-state index contributed by atoms with van der Waals surface area (Å²) in [4.78, 5) is 0. The van der Waals surface area contributed by atoms with Crippen LogP contribution in [-0.2, 0) is 6.61 Å². The second kappa shape index (κ2) is 6.44. The number of hydrogen-bond donors (Lipinski definition) is 1. The van der Waals surface area contributed by atoms with Crippen LogP contribution in [-0.4, -0.2) is 11.2 Å². The highest BCUT2D eigenvalue weighted by atomic mass is 35.5. The van der Waals surface area contributed by atoms with Crippen LogP contribution >= 0.6 is 11.6 Å². The molecule has 1 aliphatic carbocycles. The molecule has 0 heterocycles. The molecule has 100 valence electrons. The Balaban J connectivity index is 2.02. The average molecular weight is 269 g/mol. The van der Waals surface area contributed by atoms with E-state index in [1.165, 1.54) is 19.3 Å². The lowest BCUT2D eigenvalue weighted by Crippen LogP contribution is -2.24. The van der Waals surface area contributed by atoms with Crippen molar-refractivity contribution in [2.75, 3.05) is 0 Å². The lowest BCUT2D eigenvalue weighted by molar-refractivity contribution is 0.126. The molecule has 1 saturated carbocycles. The van der Waals surface area contributed by atoms with Crippen LogP contribution < -0.4 is 4.74 Å². The van der Waals surface area contributed by atoms with E-state index in [1.54, 1.807) is 0 Å². The van der Waals surface area contributed by atoms with Gasteiger partial charge in [0.05, 0.1) is 17.7 Å². The van der Waals surface area contributed by atoms with Gasteiger partial charge in [-0.2, -0.15) is 0 Å². The number of para-hydroxylation sites is 1. The van der Waals surface area contributed by atoms with Crippen molar-refractivity contribution < 1.29 is 9.84 Å². The molecule has 0 radical (unpaired) electrons. The molecule has 0 aromatic heterocycles. The van der Waals surface area contributed by atoms with E-state index in [0.717, 1.165) is 24.3 Å². The third-order valence-electron chi connectivity index (χ3n) is 3.87. The molecule has 1 aliphatic rings. The van der Waals surface area contributed by atoms with E-state index in [0.29, 0.717) is 10.8 Å². The number of rotatable bonds is 4. The van der Waals surface area contributed by atoms with E-state index >= 15 is 0 Å². The summed E-state index contributed by atoms with van der Waals surface area (Å²) in [5.74, 6) is 1.52. The first-order valence-corrected chi connectivity index (χ1v) is 7.17. The fourth-order valence-corrected chi connectivity index (χ4v) is 2.87. The first-order chi connectivity index (χ1) is 8.74. The minimum absolute atomic E-state index is 0.0276. The van der Waals surface area contributed by atoms with E-state index < -0.39 is 0 Å². The second-order valence-corrected chi connectivity index (χ2v) is 5.46. The first-order valence-electron chi connectivity index (χ1n) is 6.79. The Kier molecular flexibility index (Phi) is 4.90. The van der Waals surface area contributed by atoms with Gasteiger partial charge >= 0.3 is 0 Å². The van der Waals surface area contributed by atoms with Gasteiger partial charge in [-0.25, -0.2) is 0 Å². The van der Waals surface area contributed by atoms with Crippen molar-refractivity contribution in [3.8, 4) is 5.75 Å². The van der Waals surface area contributed by atoms with Crippen molar-refractivity contribution in [1.29, 1.82) is 0 Å². The number of benzene rings is 1. The predicted octanol–water partition coefficient (Wildman–Crippen LogP) is 4.18. The fourth-order valence-electron chi connectivity index (χ4n) is 2.63. The number of aliphatic hydroxyl groups is 1. The Morgan fingerprint density at radius 2 is 2.00 bits per heavy atom. The molecule has 1 aromatic carbocycles. The molecule has 1 N–H and O–H groups in total. The standard InChI is InChI=1S/C15H21ClO2/c1-2-11-6-8-13(9-7-11)18-15-12(10-17)4-3-5-14(15)16/h3-5,11,13,17H,2,6-10H2,1H3. The van der Waals surface area contributed by atoms with Crippen LogP contribution in [0.5, 0.6) is 5.75 Å². The van der Waals surface area contributed by atoms with Gasteiger partial charge < -0.3 is 9.84 Å². The molecule has 2 nitrogen and oxygen atoms in total. The highest BCUT2D eigenvalue weighted by Gasteiger charge is 2.22. The number of aliphatic hydroxyl groups excluding tert-OH is 1. The Bertz CT molecular complexity index is 384. The lowest BCUT2D eigenvalue weighted by Gasteiger charge is -2.29. The molecule has 1 fully saturated rings. The van der Waals surface area contributed by atoms with E-state index in [-0.39, 0.29) is 12.7 Å². The van der Waals surface area contributed by atoms with Crippen LogP contribution in [0.25, 0.3) is 0 Å². The molecule has 3 heteroatoms. The zero-order valence-corrected chi connectivity index (χ0v) is 11.6. The third-order valence-corrected chi connectivity index (χ3v) is 4.17. The third kappa shape index (κ3) is 3.18. The Labute approximate surface area is 114 Å². The Morgan fingerprint density at radius 1 is 1.28 bits per heavy atom. The molecule has 18 heavy (non-hydrogen) atoms. The molecular weight excluding hydrogens is 248 g/mol. The maximum atomic E-state index is 9.31. The second-order valence-electron chi connectivity index (χ2n) is 5.06. The summed E-state index contributed by atoms with van der Waals surface area (Å²) in [7, 11) is 0. The quantitative estimate of drug-likeness (QED) is 0.888. The van der Waals surface area contributed by atoms with E-state index in [2.05, 4.69) is 6.92 Å². The number of hydrogen-bond acceptors (Lipinski definition) is 2. The van der Waals surface area contributed by atoms with E-state index in [9.17, 15) is 5.11 Å². The monoisotopic (exact) mass is 268 g/mol. The SMILES string of the molecule is CCC1CCC(Oc2c(Cl)cccc2CO)CC1. The lowest BCUT2D eigenvalue weighted by atomic mass is 9.86. The molecule has 0 spiro atoms. The Morgan fingerprint density at radius 3 is 2.61 bits per heavy atom. The Hall–Kier alpha value is -0.730. The van der Waals surface area contributed by atoms with Gasteiger partial charge in [0.15, 0.2) is 0 Å². The van der Waals surface area contributed by atoms with E-state index in [4.69, 9.17) is 16.3 Å². The summed E-state index contributed by atoms with van der Waals surface area (Å²) in [6.45, 7) is 2.23. The van der Waals surface area contributed by atoms with Crippen LogP contribution in [0.15, 0.2) is 18.2 Å². The van der Waals surface area contributed by atoms with Gasteiger partial charge in [0.2, 0.25) is 0 Å². The van der Waals surface area contributed by atoms with Gasteiger partial charge in [0.1, 0.15) is 5.75 Å². The maximum absolute atomic E-state index is 9.31. The molecular formula is C15H21ClO2. The van der Waals surface area contributed by atoms with E-state index in [1.807, 2.05) is 18.2 Å². The van der Waals surface area contributed by atoms with Crippen molar-refractivity contribution in [2.45, 2.75) is 51.7 Å². The van der Waals surface area contributed by atoms with Gasteiger partial charge in [0.25, 0.3) is 0 Å². The van der Waals surface area contributed by atoms with Crippen molar-refractivity contribution in [3.63, 3.8) is 0 Å². The van der Waals surface area contributed by atoms with Crippen LogP contribution in [0, 0.1) is 5.92 Å². The topological polar surface area (TPSA) is 29.5 Å². The zero-order valence-electron chi connectivity index (χ0n) is 10.9. The molecule has 0 amide bonds. The number of halogens is 1. The summed E-state index contributed by atoms with van der Waals surface area (Å²) in [5, 5.41) is 9.91. The average Bonchev–Trinajstić information content (AvgIpc) is 2.42. The molecule has 0 unspecified atom stereocenters. The van der Waals surface area contributed by atoms with Gasteiger partial charge in [-0.15, -0.1) is 0 Å². The summed E-state index contributed by atoms with van der Waals surface area (Å²) in [6.07, 6.45) is 6.17. The van der Waals surface area contributed by atoms with Crippen molar-refractivity contribution in [3.05, 3.63) is 28.8 Å². The van der Waals surface area contributed by atoms with Crippen molar-refractivity contribution >= 4 is 11.6 Å². The molecule has 2 rings (SSSR count). The van der Waals surface area contributed by atoms with Gasteiger partial charge in [-0.1, -0.05) is 37.1 Å². The molecule has 0 saturated heterocycles. The van der Waals surface area contributed by atoms with Crippen molar-refractivity contribution in [2.24, 2.45) is 5.92 Å². The van der Waals surface area contributed by atoms with Gasteiger partial charge in [-0.3, -0.25) is 0 Å². The first kappa shape index (κ1) is 13.7. The largest absolute Gasteiger partial charge is 0.488 e. The molecule has 1 aromatic rings. The zero-order chi connectivity index (χ0) is 13.0. The minimum atomic E-state index is -0.0276. The van der Waals surface area contributed by atoms with Crippen LogP contribution in [0.1, 0.15) is 44.6 Å². The molecule has 0 bridgehead atoms. The summed E-state index contributed by atoms with van der Waals surface area (Å²) < 4.78 is 6.01. The summed E-state index contributed by atoms with van der Waals surface area (Å²) in [6, 6.07) is 5.52. The highest BCUT2D eigenvalue weighted by molar-refractivity contribution is 6.32. The number of ether oxygens (including phenoxy) is 1. The van der Waals surface area contributed by atoms with Crippen LogP contribution in [0.2, 0.25) is 5.02 Å².